The average Bonchev–Trinajstić information content (AvgIpc) is 3.06. The summed E-state index contributed by atoms with van der Waals surface area (Å²) in [5, 5.41) is 9.22. The normalized spacial score (nSPS) is 10.8. The molecule has 0 unspecified atom stereocenters. The lowest BCUT2D eigenvalue weighted by atomic mass is 10.1. The molecule has 1 heterocycles. The highest BCUT2D eigenvalue weighted by molar-refractivity contribution is 6.32. The Kier molecular flexibility index (Phi) is 6.00. The fourth-order valence-corrected chi connectivity index (χ4v) is 3.68. The van der Waals surface area contributed by atoms with Crippen LogP contribution in [-0.4, -0.2) is 28.3 Å². The van der Waals surface area contributed by atoms with Crippen molar-refractivity contribution in [2.45, 2.75) is 13.5 Å². The maximum Gasteiger partial charge on any atom is 0.343 e. The summed E-state index contributed by atoms with van der Waals surface area (Å²) in [6, 6.07) is 23.0. The SMILES string of the molecule is Cc1nn(Cc2ccccc2)c(Cl)c1C(=O)OCC(=O)Nc1cccc2ccccc12. The van der Waals surface area contributed by atoms with Crippen molar-refractivity contribution in [3.8, 4) is 0 Å². The average molecular weight is 434 g/mol. The molecule has 0 aliphatic rings. The van der Waals surface area contributed by atoms with Crippen LogP contribution in [0.15, 0.2) is 72.8 Å². The number of hydrogen-bond acceptors (Lipinski definition) is 4. The summed E-state index contributed by atoms with van der Waals surface area (Å²) in [7, 11) is 0. The molecule has 6 nitrogen and oxygen atoms in total. The number of benzene rings is 3. The lowest BCUT2D eigenvalue weighted by molar-refractivity contribution is -0.119. The summed E-state index contributed by atoms with van der Waals surface area (Å²) in [5.41, 5.74) is 2.27. The number of aromatic nitrogens is 2. The highest BCUT2D eigenvalue weighted by Crippen LogP contribution is 2.24. The van der Waals surface area contributed by atoms with Crippen LogP contribution in [0.1, 0.15) is 21.6 Å². The lowest BCUT2D eigenvalue weighted by Crippen LogP contribution is -2.21. The third-order valence-corrected chi connectivity index (χ3v) is 5.23. The molecule has 156 valence electrons. The van der Waals surface area contributed by atoms with E-state index in [1.54, 1.807) is 17.7 Å². The van der Waals surface area contributed by atoms with E-state index in [1.807, 2.05) is 66.7 Å². The number of hydrogen-bond donors (Lipinski definition) is 1. The van der Waals surface area contributed by atoms with Crippen molar-refractivity contribution in [2.24, 2.45) is 0 Å². The number of ether oxygens (including phenoxy) is 1. The fraction of sp³-hybridized carbons (Fsp3) is 0.125. The number of aryl methyl sites for hydroxylation is 1. The van der Waals surface area contributed by atoms with Crippen LogP contribution in [0.25, 0.3) is 10.8 Å². The van der Waals surface area contributed by atoms with Crippen molar-refractivity contribution in [3.05, 3.63) is 94.8 Å². The molecule has 0 saturated carbocycles. The van der Waals surface area contributed by atoms with Crippen molar-refractivity contribution in [2.75, 3.05) is 11.9 Å². The van der Waals surface area contributed by atoms with Gasteiger partial charge in [-0.3, -0.25) is 4.79 Å². The minimum absolute atomic E-state index is 0.163. The van der Waals surface area contributed by atoms with E-state index in [1.165, 1.54) is 0 Å². The molecule has 1 N–H and O–H groups in total. The van der Waals surface area contributed by atoms with Gasteiger partial charge in [-0.1, -0.05) is 78.3 Å². The summed E-state index contributed by atoms with van der Waals surface area (Å²) in [6.45, 7) is 1.68. The highest BCUT2D eigenvalue weighted by atomic mass is 35.5. The zero-order valence-electron chi connectivity index (χ0n) is 16.8. The molecule has 4 rings (SSSR count). The lowest BCUT2D eigenvalue weighted by Gasteiger charge is -2.09. The zero-order chi connectivity index (χ0) is 21.8. The van der Waals surface area contributed by atoms with Gasteiger partial charge in [0, 0.05) is 11.1 Å². The summed E-state index contributed by atoms with van der Waals surface area (Å²) in [4.78, 5) is 24.9. The van der Waals surface area contributed by atoms with Crippen LogP contribution in [0.2, 0.25) is 5.15 Å². The number of amides is 1. The molecule has 0 aliphatic carbocycles. The highest BCUT2D eigenvalue weighted by Gasteiger charge is 2.22. The van der Waals surface area contributed by atoms with E-state index in [9.17, 15) is 9.59 Å². The number of carbonyl (C=O) groups is 2. The Morgan fingerprint density at radius 3 is 2.52 bits per heavy atom. The Morgan fingerprint density at radius 1 is 1.00 bits per heavy atom. The first-order chi connectivity index (χ1) is 15.0. The second kappa shape index (κ2) is 9.02. The quantitative estimate of drug-likeness (QED) is 0.441. The molecule has 0 radical (unpaired) electrons. The van der Waals surface area contributed by atoms with Gasteiger partial charge in [0.15, 0.2) is 6.61 Å². The van der Waals surface area contributed by atoms with Gasteiger partial charge in [-0.25, -0.2) is 9.48 Å². The van der Waals surface area contributed by atoms with E-state index in [0.29, 0.717) is 17.9 Å². The number of halogens is 1. The second-order valence-electron chi connectivity index (χ2n) is 7.05. The van der Waals surface area contributed by atoms with Gasteiger partial charge in [-0.05, 0) is 23.9 Å². The Balaban J connectivity index is 1.42. The molecular weight excluding hydrogens is 414 g/mol. The Labute approximate surface area is 184 Å². The third kappa shape index (κ3) is 4.59. The van der Waals surface area contributed by atoms with Gasteiger partial charge in [0.1, 0.15) is 10.7 Å². The molecular formula is C24H20ClN3O3. The number of nitrogens with one attached hydrogen (secondary N) is 1. The molecule has 0 spiro atoms. The molecule has 0 bridgehead atoms. The van der Waals surface area contributed by atoms with E-state index >= 15 is 0 Å². The first kappa shape index (κ1) is 20.6. The van der Waals surface area contributed by atoms with Crippen molar-refractivity contribution in [1.82, 2.24) is 9.78 Å². The molecule has 7 heteroatoms. The monoisotopic (exact) mass is 433 g/mol. The van der Waals surface area contributed by atoms with Gasteiger partial charge in [-0.2, -0.15) is 5.10 Å². The van der Waals surface area contributed by atoms with Crippen LogP contribution >= 0.6 is 11.6 Å². The summed E-state index contributed by atoms with van der Waals surface area (Å²) < 4.78 is 6.75. The molecule has 0 atom stereocenters. The molecule has 1 amide bonds. The first-order valence-corrected chi connectivity index (χ1v) is 10.1. The predicted octanol–water partition coefficient (Wildman–Crippen LogP) is 4.84. The molecule has 0 fully saturated rings. The standard InChI is InChI=1S/C24H20ClN3O3/c1-16-22(23(25)28(27-16)14-17-8-3-2-4-9-17)24(30)31-15-21(29)26-20-13-7-11-18-10-5-6-12-19(18)20/h2-13H,14-15H2,1H3,(H,26,29). The number of nitrogens with zero attached hydrogens (tertiary/aromatic N) is 2. The number of anilines is 1. The van der Waals surface area contributed by atoms with Crippen LogP contribution in [-0.2, 0) is 16.1 Å². The summed E-state index contributed by atoms with van der Waals surface area (Å²) in [5.74, 6) is -1.12. The topological polar surface area (TPSA) is 73.2 Å². The number of fused-ring (bicyclic) bond motifs is 1. The Bertz CT molecular complexity index is 1250. The largest absolute Gasteiger partial charge is 0.452 e. The Morgan fingerprint density at radius 2 is 1.71 bits per heavy atom. The van der Waals surface area contributed by atoms with E-state index in [0.717, 1.165) is 16.3 Å². The number of esters is 1. The maximum absolute atomic E-state index is 12.6. The zero-order valence-corrected chi connectivity index (χ0v) is 17.6. The molecule has 3 aromatic carbocycles. The second-order valence-corrected chi connectivity index (χ2v) is 7.40. The summed E-state index contributed by atoms with van der Waals surface area (Å²) in [6.07, 6.45) is 0. The van der Waals surface area contributed by atoms with E-state index in [4.69, 9.17) is 16.3 Å². The first-order valence-electron chi connectivity index (χ1n) is 9.74. The minimum atomic E-state index is -0.685. The molecule has 4 aromatic rings. The van der Waals surface area contributed by atoms with Crippen LogP contribution in [0.5, 0.6) is 0 Å². The van der Waals surface area contributed by atoms with Gasteiger partial charge in [0.25, 0.3) is 5.91 Å². The van der Waals surface area contributed by atoms with Gasteiger partial charge in [-0.15, -0.1) is 0 Å². The van der Waals surface area contributed by atoms with Crippen molar-refractivity contribution in [1.29, 1.82) is 0 Å². The van der Waals surface area contributed by atoms with Crippen LogP contribution < -0.4 is 5.32 Å². The van der Waals surface area contributed by atoms with Crippen molar-refractivity contribution in [3.63, 3.8) is 0 Å². The number of rotatable bonds is 6. The van der Waals surface area contributed by atoms with Gasteiger partial charge >= 0.3 is 5.97 Å². The summed E-state index contributed by atoms with van der Waals surface area (Å²) >= 11 is 6.38. The molecule has 1 aromatic heterocycles. The minimum Gasteiger partial charge on any atom is -0.452 e. The maximum atomic E-state index is 12.6. The van der Waals surface area contributed by atoms with Crippen LogP contribution in [0, 0.1) is 6.92 Å². The van der Waals surface area contributed by atoms with Crippen molar-refractivity contribution < 1.29 is 14.3 Å². The third-order valence-electron chi connectivity index (χ3n) is 4.84. The number of carbonyl (C=O) groups excluding carboxylic acids is 2. The smallest absolute Gasteiger partial charge is 0.343 e. The van der Waals surface area contributed by atoms with E-state index in [-0.39, 0.29) is 10.7 Å². The molecule has 0 saturated heterocycles. The van der Waals surface area contributed by atoms with Gasteiger partial charge < -0.3 is 10.1 Å². The van der Waals surface area contributed by atoms with Gasteiger partial charge in [0.05, 0.1) is 12.2 Å². The van der Waals surface area contributed by atoms with Crippen LogP contribution in [0.3, 0.4) is 0 Å². The van der Waals surface area contributed by atoms with E-state index < -0.39 is 18.5 Å². The predicted molar refractivity (Wildman–Crippen MR) is 120 cm³/mol. The van der Waals surface area contributed by atoms with Gasteiger partial charge in [0.2, 0.25) is 0 Å². The van der Waals surface area contributed by atoms with E-state index in [2.05, 4.69) is 10.4 Å². The molecule has 31 heavy (non-hydrogen) atoms. The molecule has 0 aliphatic heterocycles. The van der Waals surface area contributed by atoms with Crippen LogP contribution in [0.4, 0.5) is 5.69 Å². The Hall–Kier alpha value is -3.64. The fourth-order valence-electron chi connectivity index (χ4n) is 3.37. The van der Waals surface area contributed by atoms with Crippen molar-refractivity contribution >= 4 is 39.9 Å².